The summed E-state index contributed by atoms with van der Waals surface area (Å²) in [6, 6.07) is 5.05. The third kappa shape index (κ3) is 3.78. The first-order valence-corrected chi connectivity index (χ1v) is 7.83. The topological polar surface area (TPSA) is 75.6 Å². The molecular weight excluding hydrogens is 318 g/mol. The normalized spacial score (nSPS) is 22.3. The Labute approximate surface area is 141 Å². The highest BCUT2D eigenvalue weighted by atomic mass is 35.5. The number of aliphatic carboxylic acids is 1. The van der Waals surface area contributed by atoms with E-state index >= 15 is 0 Å². The number of carbonyl (C=O) groups excluding carboxylic acids is 1. The van der Waals surface area contributed by atoms with Crippen molar-refractivity contribution in [1.29, 1.82) is 0 Å². The van der Waals surface area contributed by atoms with Gasteiger partial charge in [0.15, 0.2) is 0 Å². The molecule has 1 aliphatic rings. The van der Waals surface area contributed by atoms with Crippen molar-refractivity contribution in [2.75, 3.05) is 5.32 Å². The van der Waals surface area contributed by atoms with Crippen LogP contribution in [0.4, 0.5) is 10.5 Å². The van der Waals surface area contributed by atoms with E-state index in [1.54, 1.807) is 39.0 Å². The van der Waals surface area contributed by atoms with Crippen LogP contribution in [0.25, 0.3) is 0 Å². The number of benzene rings is 1. The molecule has 5 nitrogen and oxygen atoms in total. The predicted octanol–water partition coefficient (Wildman–Crippen LogP) is 4.51. The highest BCUT2D eigenvalue weighted by molar-refractivity contribution is 6.31. The molecule has 0 spiro atoms. The van der Waals surface area contributed by atoms with E-state index in [2.05, 4.69) is 5.32 Å². The number of carboxylic acid groups (broad SMARTS) is 1. The summed E-state index contributed by atoms with van der Waals surface area (Å²) in [6.07, 6.45) is -0.560. The summed E-state index contributed by atoms with van der Waals surface area (Å²) in [7, 11) is 0. The summed E-state index contributed by atoms with van der Waals surface area (Å²) >= 11 is 6.23. The van der Waals surface area contributed by atoms with Gasteiger partial charge in [-0.1, -0.05) is 25.4 Å². The minimum atomic E-state index is -0.832. The lowest BCUT2D eigenvalue weighted by Crippen LogP contribution is -2.27. The van der Waals surface area contributed by atoms with Crippen LogP contribution in [0.1, 0.15) is 46.1 Å². The van der Waals surface area contributed by atoms with Crippen molar-refractivity contribution in [1.82, 2.24) is 0 Å². The number of hydrogen-bond acceptors (Lipinski definition) is 3. The zero-order chi connectivity index (χ0) is 17.6. The smallest absolute Gasteiger partial charge is 0.412 e. The van der Waals surface area contributed by atoms with E-state index in [1.165, 1.54) is 0 Å². The van der Waals surface area contributed by atoms with Gasteiger partial charge in [-0.15, -0.1) is 0 Å². The number of nitrogens with one attached hydrogen (secondary N) is 1. The second kappa shape index (κ2) is 5.71. The van der Waals surface area contributed by atoms with Gasteiger partial charge in [-0.05, 0) is 49.9 Å². The van der Waals surface area contributed by atoms with Crippen molar-refractivity contribution in [2.24, 2.45) is 11.3 Å². The van der Waals surface area contributed by atoms with Crippen molar-refractivity contribution < 1.29 is 19.4 Å². The molecule has 2 N–H and O–H groups in total. The fraction of sp³-hybridized carbons (Fsp3) is 0.529. The number of ether oxygens (including phenoxy) is 1. The SMILES string of the molecule is CC(C)(C)OC(=O)Nc1ccc(Cl)c([C@H]2[C@H](C(=O)O)C2(C)C)c1. The minimum absolute atomic E-state index is 0.173. The van der Waals surface area contributed by atoms with Crippen molar-refractivity contribution >= 4 is 29.4 Å². The molecule has 1 fully saturated rings. The van der Waals surface area contributed by atoms with E-state index in [0.717, 1.165) is 5.56 Å². The minimum Gasteiger partial charge on any atom is -0.481 e. The van der Waals surface area contributed by atoms with Gasteiger partial charge < -0.3 is 9.84 Å². The Morgan fingerprint density at radius 2 is 1.91 bits per heavy atom. The Kier molecular flexibility index (Phi) is 4.37. The average Bonchev–Trinajstić information content (AvgIpc) is 2.92. The maximum Gasteiger partial charge on any atom is 0.412 e. The third-order valence-electron chi connectivity index (χ3n) is 4.07. The van der Waals surface area contributed by atoms with Crippen LogP contribution < -0.4 is 5.32 Å². The Morgan fingerprint density at radius 1 is 1.30 bits per heavy atom. The quantitative estimate of drug-likeness (QED) is 0.849. The Bertz CT molecular complexity index is 648. The maximum atomic E-state index is 11.8. The van der Waals surface area contributed by atoms with Crippen molar-refractivity contribution in [3.63, 3.8) is 0 Å². The van der Waals surface area contributed by atoms with E-state index in [0.29, 0.717) is 10.7 Å². The van der Waals surface area contributed by atoms with Crippen molar-refractivity contribution in [3.05, 3.63) is 28.8 Å². The van der Waals surface area contributed by atoms with Gasteiger partial charge in [-0.2, -0.15) is 0 Å². The second-order valence-electron chi connectivity index (χ2n) is 7.48. The number of anilines is 1. The molecule has 0 radical (unpaired) electrons. The molecule has 6 heteroatoms. The lowest BCUT2D eigenvalue weighted by molar-refractivity contribution is -0.139. The summed E-state index contributed by atoms with van der Waals surface area (Å²) in [5, 5.41) is 12.5. The van der Waals surface area contributed by atoms with E-state index in [9.17, 15) is 14.7 Å². The fourth-order valence-corrected chi connectivity index (χ4v) is 3.20. The molecule has 1 aliphatic carbocycles. The Balaban J connectivity index is 2.21. The number of rotatable bonds is 3. The number of hydrogen-bond donors (Lipinski definition) is 2. The number of carbonyl (C=O) groups is 2. The van der Waals surface area contributed by atoms with E-state index in [-0.39, 0.29) is 11.3 Å². The highest BCUT2D eigenvalue weighted by Gasteiger charge is 2.63. The second-order valence-corrected chi connectivity index (χ2v) is 7.89. The van der Waals surface area contributed by atoms with Gasteiger partial charge in [0.1, 0.15) is 5.60 Å². The van der Waals surface area contributed by atoms with E-state index < -0.39 is 23.6 Å². The molecule has 126 valence electrons. The van der Waals surface area contributed by atoms with Gasteiger partial charge in [0.25, 0.3) is 0 Å². The molecular formula is C17H22ClNO4. The number of carboxylic acids is 1. The first-order chi connectivity index (χ1) is 10.4. The molecule has 2 rings (SSSR count). The van der Waals surface area contributed by atoms with Gasteiger partial charge in [0.05, 0.1) is 5.92 Å². The van der Waals surface area contributed by atoms with Crippen LogP contribution in [0.15, 0.2) is 18.2 Å². The number of halogens is 1. The van der Waals surface area contributed by atoms with Gasteiger partial charge in [0.2, 0.25) is 0 Å². The van der Waals surface area contributed by atoms with Crippen LogP contribution >= 0.6 is 11.6 Å². The molecule has 0 unspecified atom stereocenters. The van der Waals surface area contributed by atoms with Crippen LogP contribution in [0.2, 0.25) is 5.02 Å². The zero-order valence-electron chi connectivity index (χ0n) is 13.9. The summed E-state index contributed by atoms with van der Waals surface area (Å²) in [6.45, 7) is 9.15. The monoisotopic (exact) mass is 339 g/mol. The molecule has 23 heavy (non-hydrogen) atoms. The van der Waals surface area contributed by atoms with Gasteiger partial charge in [-0.25, -0.2) is 4.79 Å². The molecule has 1 aromatic rings. The van der Waals surface area contributed by atoms with Crippen LogP contribution in [0.5, 0.6) is 0 Å². The molecule has 1 saturated carbocycles. The molecule has 1 aromatic carbocycles. The van der Waals surface area contributed by atoms with Crippen molar-refractivity contribution in [2.45, 2.75) is 46.1 Å². The summed E-state index contributed by atoms with van der Waals surface area (Å²) in [4.78, 5) is 23.2. The molecule has 0 bridgehead atoms. The van der Waals surface area contributed by atoms with Crippen LogP contribution in [0, 0.1) is 11.3 Å². The Hall–Kier alpha value is -1.75. The van der Waals surface area contributed by atoms with Crippen LogP contribution in [-0.4, -0.2) is 22.8 Å². The molecule has 1 amide bonds. The predicted molar refractivity (Wildman–Crippen MR) is 89.0 cm³/mol. The number of amides is 1. The summed E-state index contributed by atoms with van der Waals surface area (Å²) in [5.74, 6) is -1.48. The van der Waals surface area contributed by atoms with E-state index in [1.807, 2.05) is 13.8 Å². The highest BCUT2D eigenvalue weighted by Crippen LogP contribution is 2.65. The molecule has 0 saturated heterocycles. The van der Waals surface area contributed by atoms with Crippen LogP contribution in [0.3, 0.4) is 0 Å². The molecule has 0 aliphatic heterocycles. The summed E-state index contributed by atoms with van der Waals surface area (Å²) in [5.41, 5.74) is 0.315. The molecule has 0 aromatic heterocycles. The standard InChI is InChI=1S/C17H22ClNO4/c1-16(2,3)23-15(22)19-9-6-7-11(18)10(8-9)12-13(14(20)21)17(12,4)5/h6-8,12-13H,1-5H3,(H,19,22)(H,20,21)/t12-,13+/m0/s1. The van der Waals surface area contributed by atoms with Crippen molar-refractivity contribution in [3.8, 4) is 0 Å². The van der Waals surface area contributed by atoms with Gasteiger partial charge >= 0.3 is 12.1 Å². The largest absolute Gasteiger partial charge is 0.481 e. The third-order valence-corrected chi connectivity index (χ3v) is 4.41. The Morgan fingerprint density at radius 3 is 2.39 bits per heavy atom. The fourth-order valence-electron chi connectivity index (χ4n) is 2.96. The lowest BCUT2D eigenvalue weighted by atomic mass is 10.0. The maximum absolute atomic E-state index is 11.8. The first kappa shape index (κ1) is 17.6. The average molecular weight is 340 g/mol. The molecule has 2 atom stereocenters. The van der Waals surface area contributed by atoms with Gasteiger partial charge in [-0.3, -0.25) is 10.1 Å². The molecule has 0 heterocycles. The first-order valence-electron chi connectivity index (χ1n) is 7.46. The van der Waals surface area contributed by atoms with E-state index in [4.69, 9.17) is 16.3 Å². The zero-order valence-corrected chi connectivity index (χ0v) is 14.7. The van der Waals surface area contributed by atoms with Crippen LogP contribution in [-0.2, 0) is 9.53 Å². The van der Waals surface area contributed by atoms with Gasteiger partial charge in [0, 0.05) is 16.6 Å². The summed E-state index contributed by atoms with van der Waals surface area (Å²) < 4.78 is 5.21. The lowest BCUT2D eigenvalue weighted by Gasteiger charge is -2.20.